The van der Waals surface area contributed by atoms with Gasteiger partial charge in [-0.3, -0.25) is 0 Å². The number of sulfonamides is 1. The number of halogens is 3. The molecule has 0 atom stereocenters. The number of rotatable bonds is 4. The van der Waals surface area contributed by atoms with Gasteiger partial charge in [0.05, 0.1) is 16.6 Å². The molecule has 21 heavy (non-hydrogen) atoms. The van der Waals surface area contributed by atoms with Crippen molar-refractivity contribution in [3.8, 4) is 0 Å². The number of alkyl halides is 3. The van der Waals surface area contributed by atoms with Crippen molar-refractivity contribution < 1.29 is 26.7 Å². The fourth-order valence-electron chi connectivity index (χ4n) is 2.39. The Morgan fingerprint density at radius 2 is 1.95 bits per heavy atom. The molecule has 0 aromatic heterocycles. The zero-order valence-corrected chi connectivity index (χ0v) is 12.1. The van der Waals surface area contributed by atoms with Gasteiger partial charge in [0, 0.05) is 6.54 Å². The molecular formula is C13H16F3NO3S. The van der Waals surface area contributed by atoms with Crippen molar-refractivity contribution >= 4 is 10.0 Å². The van der Waals surface area contributed by atoms with Crippen molar-refractivity contribution in [2.75, 3.05) is 6.54 Å². The van der Waals surface area contributed by atoms with E-state index in [1.54, 1.807) is 0 Å². The molecule has 1 aromatic rings. The van der Waals surface area contributed by atoms with Gasteiger partial charge in [-0.1, -0.05) is 6.07 Å². The first-order valence-corrected chi connectivity index (χ1v) is 7.94. The Morgan fingerprint density at radius 3 is 2.48 bits per heavy atom. The van der Waals surface area contributed by atoms with Gasteiger partial charge in [-0.25, -0.2) is 13.1 Å². The summed E-state index contributed by atoms with van der Waals surface area (Å²) in [7, 11) is -3.99. The lowest BCUT2D eigenvalue weighted by Gasteiger charge is -2.31. The number of aliphatic hydroxyl groups excluding tert-OH is 1. The summed E-state index contributed by atoms with van der Waals surface area (Å²) in [5, 5.41) is 9.13. The van der Waals surface area contributed by atoms with Crippen LogP contribution in [-0.2, 0) is 16.2 Å². The Morgan fingerprint density at radius 1 is 1.33 bits per heavy atom. The SMILES string of the molecule is Cc1c(C(F)(F)F)cccc1S(=O)(=O)NCC1CC(O)C1. The lowest BCUT2D eigenvalue weighted by atomic mass is 9.83. The molecule has 8 heteroatoms. The molecule has 2 rings (SSSR count). The topological polar surface area (TPSA) is 66.4 Å². The first kappa shape index (κ1) is 16.3. The van der Waals surface area contributed by atoms with Gasteiger partial charge in [-0.05, 0) is 43.4 Å². The fourth-order valence-corrected chi connectivity index (χ4v) is 3.77. The second kappa shape index (κ2) is 5.58. The third-order valence-corrected chi connectivity index (χ3v) is 5.22. The van der Waals surface area contributed by atoms with Crippen LogP contribution < -0.4 is 4.72 Å². The van der Waals surface area contributed by atoms with Crippen molar-refractivity contribution in [2.24, 2.45) is 5.92 Å². The normalized spacial score (nSPS) is 22.9. The molecule has 1 fully saturated rings. The number of nitrogens with one attached hydrogen (secondary N) is 1. The van der Waals surface area contributed by atoms with E-state index < -0.39 is 27.9 Å². The minimum atomic E-state index is -4.59. The zero-order chi connectivity index (χ0) is 15.8. The van der Waals surface area contributed by atoms with Crippen LogP contribution in [0.25, 0.3) is 0 Å². The van der Waals surface area contributed by atoms with Crippen LogP contribution in [-0.4, -0.2) is 26.2 Å². The molecule has 1 aromatic carbocycles. The summed E-state index contributed by atoms with van der Waals surface area (Å²) in [6.07, 6.45) is -3.99. The zero-order valence-electron chi connectivity index (χ0n) is 11.3. The average Bonchev–Trinajstić information content (AvgIpc) is 2.31. The molecule has 1 aliphatic rings. The molecule has 0 spiro atoms. The minimum absolute atomic E-state index is 0.0286. The van der Waals surface area contributed by atoms with E-state index >= 15 is 0 Å². The molecule has 2 N–H and O–H groups in total. The Hall–Kier alpha value is -1.12. The summed E-state index contributed by atoms with van der Waals surface area (Å²) in [5.74, 6) is 0.0286. The van der Waals surface area contributed by atoms with Crippen molar-refractivity contribution in [3.63, 3.8) is 0 Å². The third-order valence-electron chi connectivity index (χ3n) is 3.65. The molecule has 1 aliphatic carbocycles. The first-order valence-electron chi connectivity index (χ1n) is 6.46. The van der Waals surface area contributed by atoms with Crippen LogP contribution in [0, 0.1) is 12.8 Å². The van der Waals surface area contributed by atoms with Crippen LogP contribution in [0.5, 0.6) is 0 Å². The quantitative estimate of drug-likeness (QED) is 0.891. The fraction of sp³-hybridized carbons (Fsp3) is 0.538. The van der Waals surface area contributed by atoms with Crippen LogP contribution in [0.4, 0.5) is 13.2 Å². The van der Waals surface area contributed by atoms with Gasteiger partial charge in [0.25, 0.3) is 0 Å². The van der Waals surface area contributed by atoms with E-state index in [4.69, 9.17) is 5.11 Å². The van der Waals surface area contributed by atoms with E-state index in [-0.39, 0.29) is 22.9 Å². The maximum absolute atomic E-state index is 12.8. The van der Waals surface area contributed by atoms with Gasteiger partial charge in [-0.2, -0.15) is 13.2 Å². The lowest BCUT2D eigenvalue weighted by molar-refractivity contribution is -0.138. The van der Waals surface area contributed by atoms with Gasteiger partial charge in [0.1, 0.15) is 0 Å². The summed E-state index contributed by atoms with van der Waals surface area (Å²) in [4.78, 5) is -0.364. The molecule has 1 saturated carbocycles. The van der Waals surface area contributed by atoms with Crippen LogP contribution in [0.3, 0.4) is 0 Å². The molecule has 0 unspecified atom stereocenters. The summed E-state index contributed by atoms with van der Waals surface area (Å²) < 4.78 is 64.9. The average molecular weight is 323 g/mol. The monoisotopic (exact) mass is 323 g/mol. The molecule has 0 amide bonds. The smallest absolute Gasteiger partial charge is 0.393 e. The van der Waals surface area contributed by atoms with Gasteiger partial charge < -0.3 is 5.11 Å². The maximum atomic E-state index is 12.8. The Kier molecular flexibility index (Phi) is 4.32. The van der Waals surface area contributed by atoms with Crippen LogP contribution in [0.1, 0.15) is 24.0 Å². The predicted octanol–water partition coefficient (Wildman–Crippen LogP) is 2.06. The van der Waals surface area contributed by atoms with Crippen molar-refractivity contribution in [1.29, 1.82) is 0 Å². The highest BCUT2D eigenvalue weighted by Gasteiger charge is 2.35. The van der Waals surface area contributed by atoms with Crippen LogP contribution in [0.15, 0.2) is 23.1 Å². The maximum Gasteiger partial charge on any atom is 0.416 e. The van der Waals surface area contributed by atoms with Gasteiger partial charge in [0.2, 0.25) is 10.0 Å². The molecule has 0 radical (unpaired) electrons. The van der Waals surface area contributed by atoms with Crippen LogP contribution >= 0.6 is 0 Å². The van der Waals surface area contributed by atoms with Crippen molar-refractivity contribution in [3.05, 3.63) is 29.3 Å². The number of aliphatic hydroxyl groups is 1. The first-order chi connectivity index (χ1) is 9.61. The Bertz CT molecular complexity index is 622. The number of benzene rings is 1. The standard InChI is InChI=1S/C13H16F3NO3S/c1-8-11(13(14,15)16)3-2-4-12(8)21(19,20)17-7-9-5-10(18)6-9/h2-4,9-10,17-18H,5-7H2,1H3. The molecule has 0 aliphatic heterocycles. The van der Waals surface area contributed by atoms with Gasteiger partial charge in [0.15, 0.2) is 0 Å². The molecule has 0 heterocycles. The second-order valence-electron chi connectivity index (χ2n) is 5.27. The van der Waals surface area contributed by atoms with E-state index in [1.807, 2.05) is 0 Å². The van der Waals surface area contributed by atoms with E-state index in [0.29, 0.717) is 12.8 Å². The van der Waals surface area contributed by atoms with E-state index in [2.05, 4.69) is 4.72 Å². The number of hydrogen-bond acceptors (Lipinski definition) is 3. The predicted molar refractivity (Wildman–Crippen MR) is 70.1 cm³/mol. The molecule has 0 bridgehead atoms. The van der Waals surface area contributed by atoms with Gasteiger partial charge >= 0.3 is 6.18 Å². The van der Waals surface area contributed by atoms with Gasteiger partial charge in [-0.15, -0.1) is 0 Å². The molecule has 0 saturated heterocycles. The summed E-state index contributed by atoms with van der Waals surface area (Å²) >= 11 is 0. The van der Waals surface area contributed by atoms with Crippen molar-refractivity contribution in [2.45, 2.75) is 36.9 Å². The van der Waals surface area contributed by atoms with E-state index in [9.17, 15) is 21.6 Å². The molecule has 118 valence electrons. The lowest BCUT2D eigenvalue weighted by Crippen LogP contribution is -2.38. The molecule has 4 nitrogen and oxygen atoms in total. The summed E-state index contributed by atoms with van der Waals surface area (Å²) in [6, 6.07) is 3.09. The largest absolute Gasteiger partial charge is 0.416 e. The Balaban J connectivity index is 2.20. The van der Waals surface area contributed by atoms with Crippen LogP contribution in [0.2, 0.25) is 0 Å². The summed E-state index contributed by atoms with van der Waals surface area (Å²) in [5.41, 5.74) is -1.27. The highest BCUT2D eigenvalue weighted by molar-refractivity contribution is 7.89. The van der Waals surface area contributed by atoms with Crippen molar-refractivity contribution in [1.82, 2.24) is 4.72 Å². The minimum Gasteiger partial charge on any atom is -0.393 e. The highest BCUT2D eigenvalue weighted by atomic mass is 32.2. The van der Waals surface area contributed by atoms with E-state index in [1.165, 1.54) is 0 Å². The highest BCUT2D eigenvalue weighted by Crippen LogP contribution is 2.34. The number of hydrogen-bond donors (Lipinski definition) is 2. The Labute approximate surface area is 121 Å². The second-order valence-corrected chi connectivity index (χ2v) is 7.00. The third kappa shape index (κ3) is 3.56. The molecular weight excluding hydrogens is 307 g/mol. The van der Waals surface area contributed by atoms with E-state index in [0.717, 1.165) is 25.1 Å². The summed E-state index contributed by atoms with van der Waals surface area (Å²) in [6.45, 7) is 1.26.